The zero-order valence-electron chi connectivity index (χ0n) is 14.8. The highest BCUT2D eigenvalue weighted by molar-refractivity contribution is 5.97. The van der Waals surface area contributed by atoms with Gasteiger partial charge in [0.15, 0.2) is 0 Å². The van der Waals surface area contributed by atoms with E-state index in [1.165, 1.54) is 0 Å². The predicted octanol–water partition coefficient (Wildman–Crippen LogP) is 3.34. The lowest BCUT2D eigenvalue weighted by Crippen LogP contribution is -2.37. The van der Waals surface area contributed by atoms with Crippen molar-refractivity contribution in [3.8, 4) is 0 Å². The Morgan fingerprint density at radius 1 is 1.35 bits per heavy atom. The highest BCUT2D eigenvalue weighted by Gasteiger charge is 2.32. The lowest BCUT2D eigenvalue weighted by atomic mass is 9.96. The highest BCUT2D eigenvalue weighted by atomic mass is 16.3. The number of carbonyl (C=O) groups is 1. The second-order valence-corrected chi connectivity index (χ2v) is 7.82. The van der Waals surface area contributed by atoms with Crippen molar-refractivity contribution in [1.82, 2.24) is 5.32 Å². The van der Waals surface area contributed by atoms with E-state index in [-0.39, 0.29) is 24.0 Å². The van der Waals surface area contributed by atoms with Crippen LogP contribution in [0.5, 0.6) is 0 Å². The van der Waals surface area contributed by atoms with Crippen LogP contribution in [0.1, 0.15) is 56.0 Å². The number of hydrogen-bond acceptors (Lipinski definition) is 3. The topological polar surface area (TPSA) is 61.4 Å². The van der Waals surface area contributed by atoms with Crippen LogP contribution < -0.4 is 10.6 Å². The van der Waals surface area contributed by atoms with Gasteiger partial charge in [-0.15, -0.1) is 0 Å². The smallest absolute Gasteiger partial charge is 0.251 e. The summed E-state index contributed by atoms with van der Waals surface area (Å²) in [7, 11) is 0. The first-order valence-corrected chi connectivity index (χ1v) is 8.57. The first-order valence-electron chi connectivity index (χ1n) is 8.57. The molecule has 4 nitrogen and oxygen atoms in total. The van der Waals surface area contributed by atoms with Gasteiger partial charge in [-0.1, -0.05) is 26.8 Å². The maximum atomic E-state index is 12.6. The second kappa shape index (κ2) is 7.35. The summed E-state index contributed by atoms with van der Waals surface area (Å²) >= 11 is 0. The van der Waals surface area contributed by atoms with Crippen LogP contribution in [0.25, 0.3) is 0 Å². The number of amides is 1. The van der Waals surface area contributed by atoms with Crippen molar-refractivity contribution in [2.24, 2.45) is 11.3 Å². The largest absolute Gasteiger partial charge is 0.396 e. The number of nitrogens with one attached hydrogen (secondary N) is 2. The Bertz CT molecular complexity index is 545. The summed E-state index contributed by atoms with van der Waals surface area (Å²) in [6.07, 6.45) is 2.94. The quantitative estimate of drug-likeness (QED) is 0.722. The molecule has 1 saturated carbocycles. The monoisotopic (exact) mass is 318 g/mol. The fourth-order valence-corrected chi connectivity index (χ4v) is 2.74. The minimum Gasteiger partial charge on any atom is -0.396 e. The number of aliphatic hydroxyl groups is 1. The molecule has 0 aliphatic heterocycles. The molecule has 23 heavy (non-hydrogen) atoms. The Labute approximate surface area is 139 Å². The van der Waals surface area contributed by atoms with Crippen molar-refractivity contribution in [3.05, 3.63) is 29.3 Å². The molecule has 1 aromatic carbocycles. The van der Waals surface area contributed by atoms with Crippen LogP contribution in [0.15, 0.2) is 18.2 Å². The third-order valence-corrected chi connectivity index (χ3v) is 4.34. The van der Waals surface area contributed by atoms with E-state index in [1.54, 1.807) is 0 Å². The van der Waals surface area contributed by atoms with Crippen LogP contribution in [-0.2, 0) is 0 Å². The molecule has 2 rings (SSSR count). The number of carbonyl (C=O) groups excluding carboxylic acids is 1. The standard InChI is InChI=1S/C19H30N2O2/c1-13-15(6-5-7-16(13)20-12-19(2,3)4)18(23)21-17(10-11-22)14-8-9-14/h5-7,14,17,20,22H,8-12H2,1-4H3,(H,21,23). The van der Waals surface area contributed by atoms with Gasteiger partial charge in [-0.25, -0.2) is 0 Å². The molecule has 0 radical (unpaired) electrons. The fourth-order valence-electron chi connectivity index (χ4n) is 2.74. The Balaban J connectivity index is 2.07. The highest BCUT2D eigenvalue weighted by Crippen LogP contribution is 2.34. The van der Waals surface area contributed by atoms with Gasteiger partial charge in [0.25, 0.3) is 5.91 Å². The number of hydrogen-bond donors (Lipinski definition) is 3. The first-order chi connectivity index (χ1) is 10.8. The van der Waals surface area contributed by atoms with Crippen LogP contribution in [0.4, 0.5) is 5.69 Å². The van der Waals surface area contributed by atoms with Crippen LogP contribution in [-0.4, -0.2) is 30.2 Å². The number of benzene rings is 1. The van der Waals surface area contributed by atoms with Crippen LogP contribution in [0.2, 0.25) is 0 Å². The number of aliphatic hydroxyl groups excluding tert-OH is 1. The lowest BCUT2D eigenvalue weighted by molar-refractivity contribution is 0.0923. The van der Waals surface area contributed by atoms with Crippen molar-refractivity contribution in [3.63, 3.8) is 0 Å². The predicted molar refractivity (Wildman–Crippen MR) is 94.8 cm³/mol. The van der Waals surface area contributed by atoms with Gasteiger partial charge in [-0.3, -0.25) is 4.79 Å². The van der Waals surface area contributed by atoms with Gasteiger partial charge >= 0.3 is 0 Å². The van der Waals surface area contributed by atoms with Crippen LogP contribution >= 0.6 is 0 Å². The number of rotatable bonds is 7. The average Bonchev–Trinajstić information content (AvgIpc) is 3.29. The third-order valence-electron chi connectivity index (χ3n) is 4.34. The normalized spacial score (nSPS) is 16.0. The zero-order valence-corrected chi connectivity index (χ0v) is 14.8. The minimum atomic E-state index is -0.0349. The number of anilines is 1. The lowest BCUT2D eigenvalue weighted by Gasteiger charge is -2.22. The van der Waals surface area contributed by atoms with E-state index < -0.39 is 0 Å². The molecule has 0 saturated heterocycles. The summed E-state index contributed by atoms with van der Waals surface area (Å²) in [5.74, 6) is 0.501. The second-order valence-electron chi connectivity index (χ2n) is 7.82. The minimum absolute atomic E-state index is 0.0349. The summed E-state index contributed by atoms with van der Waals surface area (Å²) in [5.41, 5.74) is 2.89. The molecule has 1 fully saturated rings. The molecule has 0 heterocycles. The molecule has 0 spiro atoms. The Hall–Kier alpha value is -1.55. The maximum Gasteiger partial charge on any atom is 0.251 e. The van der Waals surface area contributed by atoms with Gasteiger partial charge in [0, 0.05) is 30.4 Å². The summed E-state index contributed by atoms with van der Waals surface area (Å²) in [6, 6.07) is 5.91. The SMILES string of the molecule is Cc1c(NCC(C)(C)C)cccc1C(=O)NC(CCO)C1CC1. The van der Waals surface area contributed by atoms with E-state index in [4.69, 9.17) is 0 Å². The van der Waals surface area contributed by atoms with Crippen molar-refractivity contribution < 1.29 is 9.90 Å². The van der Waals surface area contributed by atoms with E-state index in [0.717, 1.165) is 30.6 Å². The van der Waals surface area contributed by atoms with Gasteiger partial charge in [0.05, 0.1) is 0 Å². The molecule has 1 aromatic rings. The fraction of sp³-hybridized carbons (Fsp3) is 0.632. The van der Waals surface area contributed by atoms with E-state index in [1.807, 2.05) is 25.1 Å². The van der Waals surface area contributed by atoms with Gasteiger partial charge in [0.2, 0.25) is 0 Å². The van der Waals surface area contributed by atoms with E-state index in [9.17, 15) is 9.90 Å². The molecule has 1 aliphatic rings. The Kier molecular flexibility index (Phi) is 5.69. The molecule has 4 heteroatoms. The molecule has 1 aliphatic carbocycles. The first kappa shape index (κ1) is 17.8. The maximum absolute atomic E-state index is 12.6. The third kappa shape index (κ3) is 5.24. The Morgan fingerprint density at radius 3 is 2.61 bits per heavy atom. The van der Waals surface area contributed by atoms with Crippen LogP contribution in [0.3, 0.4) is 0 Å². The summed E-state index contributed by atoms with van der Waals surface area (Å²) in [5, 5.41) is 15.7. The molecule has 0 aromatic heterocycles. The molecule has 1 atom stereocenters. The van der Waals surface area contributed by atoms with Crippen molar-refractivity contribution in [2.75, 3.05) is 18.5 Å². The van der Waals surface area contributed by atoms with E-state index in [0.29, 0.717) is 17.9 Å². The van der Waals surface area contributed by atoms with Crippen molar-refractivity contribution in [2.45, 2.75) is 53.0 Å². The molecular formula is C19H30N2O2. The molecule has 1 unspecified atom stereocenters. The Morgan fingerprint density at radius 2 is 2.04 bits per heavy atom. The summed E-state index contributed by atoms with van der Waals surface area (Å²) in [6.45, 7) is 9.50. The van der Waals surface area contributed by atoms with Crippen molar-refractivity contribution >= 4 is 11.6 Å². The molecule has 0 bridgehead atoms. The zero-order chi connectivity index (χ0) is 17.0. The molecule has 3 N–H and O–H groups in total. The van der Waals surface area contributed by atoms with Gasteiger partial charge in [-0.2, -0.15) is 0 Å². The van der Waals surface area contributed by atoms with E-state index in [2.05, 4.69) is 31.4 Å². The van der Waals surface area contributed by atoms with Crippen molar-refractivity contribution in [1.29, 1.82) is 0 Å². The van der Waals surface area contributed by atoms with E-state index >= 15 is 0 Å². The molecule has 128 valence electrons. The van der Waals surface area contributed by atoms with Crippen LogP contribution in [0, 0.1) is 18.3 Å². The molecular weight excluding hydrogens is 288 g/mol. The molecule has 1 amide bonds. The average molecular weight is 318 g/mol. The summed E-state index contributed by atoms with van der Waals surface area (Å²) in [4.78, 5) is 12.6. The summed E-state index contributed by atoms with van der Waals surface area (Å²) < 4.78 is 0. The van der Waals surface area contributed by atoms with Gasteiger partial charge < -0.3 is 15.7 Å². The van der Waals surface area contributed by atoms with Gasteiger partial charge in [-0.05, 0) is 55.2 Å². The van der Waals surface area contributed by atoms with Gasteiger partial charge in [0.1, 0.15) is 0 Å².